The zero-order chi connectivity index (χ0) is 14.2. The predicted octanol–water partition coefficient (Wildman–Crippen LogP) is 4.51. The zero-order valence-corrected chi connectivity index (χ0v) is 12.4. The predicted molar refractivity (Wildman–Crippen MR) is 87.0 cm³/mol. The molecule has 0 aliphatic rings. The number of benzene rings is 2. The number of rotatable bonds is 6. The molecule has 1 unspecified atom stereocenters. The third-order valence-corrected chi connectivity index (χ3v) is 4.24. The van der Waals surface area contributed by atoms with Gasteiger partial charge >= 0.3 is 0 Å². The first-order valence-corrected chi connectivity index (χ1v) is 7.82. The lowest BCUT2D eigenvalue weighted by atomic mass is 10.2. The van der Waals surface area contributed by atoms with E-state index in [-0.39, 0.29) is 5.91 Å². The van der Waals surface area contributed by atoms with Crippen LogP contribution in [-0.4, -0.2) is 11.7 Å². The zero-order valence-electron chi connectivity index (χ0n) is 11.6. The van der Waals surface area contributed by atoms with Gasteiger partial charge in [-0.1, -0.05) is 48.5 Å². The van der Waals surface area contributed by atoms with Gasteiger partial charge in [-0.05, 0) is 24.6 Å². The Morgan fingerprint density at radius 1 is 1.05 bits per heavy atom. The molecule has 1 N–H and O–H groups in total. The molecule has 0 saturated carbocycles. The number of hydrogen-bond donors (Lipinski definition) is 1. The quantitative estimate of drug-likeness (QED) is 0.846. The first kappa shape index (κ1) is 14.7. The van der Waals surface area contributed by atoms with Crippen molar-refractivity contribution in [1.82, 2.24) is 0 Å². The summed E-state index contributed by atoms with van der Waals surface area (Å²) in [6.07, 6.45) is 0.538. The van der Waals surface area contributed by atoms with Gasteiger partial charge in [0.05, 0.1) is 0 Å². The van der Waals surface area contributed by atoms with Gasteiger partial charge in [0.15, 0.2) is 0 Å². The molecule has 0 radical (unpaired) electrons. The van der Waals surface area contributed by atoms with E-state index in [0.29, 0.717) is 11.7 Å². The van der Waals surface area contributed by atoms with Gasteiger partial charge in [0, 0.05) is 23.1 Å². The smallest absolute Gasteiger partial charge is 0.225 e. The van der Waals surface area contributed by atoms with Crippen molar-refractivity contribution < 1.29 is 4.79 Å². The molecular weight excluding hydrogens is 266 g/mol. The van der Waals surface area contributed by atoms with Gasteiger partial charge in [0.1, 0.15) is 0 Å². The van der Waals surface area contributed by atoms with Gasteiger partial charge in [-0.2, -0.15) is 11.8 Å². The fourth-order valence-electron chi connectivity index (χ4n) is 1.89. The van der Waals surface area contributed by atoms with Crippen molar-refractivity contribution in [2.75, 3.05) is 11.1 Å². The molecule has 2 nitrogen and oxygen atoms in total. The summed E-state index contributed by atoms with van der Waals surface area (Å²) in [5, 5.41) is 3.32. The molecule has 0 aliphatic carbocycles. The maximum absolute atomic E-state index is 11.8. The van der Waals surface area contributed by atoms with E-state index in [4.69, 9.17) is 0 Å². The number of amides is 1. The second-order valence-electron chi connectivity index (χ2n) is 4.59. The molecule has 104 valence electrons. The van der Waals surface area contributed by atoms with Gasteiger partial charge in [0.2, 0.25) is 5.91 Å². The van der Waals surface area contributed by atoms with Crippen LogP contribution in [-0.2, 0) is 4.79 Å². The largest absolute Gasteiger partial charge is 0.326 e. The lowest BCUT2D eigenvalue weighted by Gasteiger charge is -2.11. The van der Waals surface area contributed by atoms with Crippen LogP contribution >= 0.6 is 11.8 Å². The molecule has 1 amide bonds. The lowest BCUT2D eigenvalue weighted by Crippen LogP contribution is -2.12. The Hall–Kier alpha value is -1.74. The van der Waals surface area contributed by atoms with Crippen LogP contribution in [0.1, 0.15) is 24.2 Å². The van der Waals surface area contributed by atoms with E-state index in [9.17, 15) is 4.79 Å². The number of anilines is 1. The highest BCUT2D eigenvalue weighted by atomic mass is 32.2. The van der Waals surface area contributed by atoms with E-state index in [0.717, 1.165) is 11.4 Å². The molecule has 2 aromatic carbocycles. The van der Waals surface area contributed by atoms with Crippen LogP contribution in [0.5, 0.6) is 0 Å². The summed E-state index contributed by atoms with van der Waals surface area (Å²) in [5.41, 5.74) is 2.17. The van der Waals surface area contributed by atoms with Crippen LogP contribution in [0.2, 0.25) is 0 Å². The van der Waals surface area contributed by atoms with Crippen LogP contribution in [0.3, 0.4) is 0 Å². The van der Waals surface area contributed by atoms with Crippen molar-refractivity contribution in [3.05, 3.63) is 66.2 Å². The van der Waals surface area contributed by atoms with Crippen LogP contribution in [0.4, 0.5) is 5.69 Å². The summed E-state index contributed by atoms with van der Waals surface area (Å²) in [4.78, 5) is 11.8. The van der Waals surface area contributed by atoms with Gasteiger partial charge in [-0.3, -0.25) is 4.79 Å². The topological polar surface area (TPSA) is 29.1 Å². The molecule has 1 atom stereocenters. The average Bonchev–Trinajstić information content (AvgIpc) is 2.49. The molecular formula is C17H19NOS. The standard InChI is InChI=1S/C17H19NOS/c1-14(15-8-4-2-5-9-15)20-13-12-17(19)18-16-10-6-3-7-11-16/h2-11,14H,12-13H2,1H3,(H,18,19). The Morgan fingerprint density at radius 3 is 2.30 bits per heavy atom. The maximum Gasteiger partial charge on any atom is 0.225 e. The van der Waals surface area contributed by atoms with Crippen molar-refractivity contribution in [3.63, 3.8) is 0 Å². The molecule has 3 heteroatoms. The molecule has 0 aliphatic heterocycles. The maximum atomic E-state index is 11.8. The van der Waals surface area contributed by atoms with E-state index >= 15 is 0 Å². The molecule has 2 rings (SSSR count). The Balaban J connectivity index is 1.72. The summed E-state index contributed by atoms with van der Waals surface area (Å²) in [5.74, 6) is 0.901. The average molecular weight is 285 g/mol. The number of nitrogens with one attached hydrogen (secondary N) is 1. The second kappa shape index (κ2) is 7.75. The highest BCUT2D eigenvalue weighted by molar-refractivity contribution is 7.99. The van der Waals surface area contributed by atoms with E-state index in [1.54, 1.807) is 0 Å². The third-order valence-electron chi connectivity index (χ3n) is 3.02. The number of hydrogen-bond acceptors (Lipinski definition) is 2. The van der Waals surface area contributed by atoms with Crippen molar-refractivity contribution in [2.45, 2.75) is 18.6 Å². The minimum absolute atomic E-state index is 0.0731. The fourth-order valence-corrected chi connectivity index (χ4v) is 2.90. The van der Waals surface area contributed by atoms with Gasteiger partial charge in [-0.25, -0.2) is 0 Å². The van der Waals surface area contributed by atoms with Gasteiger partial charge < -0.3 is 5.32 Å². The van der Waals surface area contributed by atoms with Gasteiger partial charge in [-0.15, -0.1) is 0 Å². The Labute approximate surface area is 124 Å². The summed E-state index contributed by atoms with van der Waals surface area (Å²) in [6.45, 7) is 2.18. The monoisotopic (exact) mass is 285 g/mol. The summed E-state index contributed by atoms with van der Waals surface area (Å²) >= 11 is 1.81. The summed E-state index contributed by atoms with van der Waals surface area (Å²) < 4.78 is 0. The number of thioether (sulfide) groups is 1. The molecule has 20 heavy (non-hydrogen) atoms. The van der Waals surface area contributed by atoms with Crippen LogP contribution in [0.15, 0.2) is 60.7 Å². The van der Waals surface area contributed by atoms with Crippen LogP contribution < -0.4 is 5.32 Å². The molecule has 0 aromatic heterocycles. The Bertz CT molecular complexity index is 527. The van der Waals surface area contributed by atoms with Crippen molar-refractivity contribution in [1.29, 1.82) is 0 Å². The normalized spacial score (nSPS) is 11.8. The summed E-state index contributed by atoms with van der Waals surface area (Å²) in [7, 11) is 0. The van der Waals surface area contributed by atoms with Gasteiger partial charge in [0.25, 0.3) is 0 Å². The van der Waals surface area contributed by atoms with E-state index < -0.39 is 0 Å². The van der Waals surface area contributed by atoms with Crippen molar-refractivity contribution in [3.8, 4) is 0 Å². The highest BCUT2D eigenvalue weighted by Gasteiger charge is 2.07. The SMILES string of the molecule is CC(SCCC(=O)Nc1ccccc1)c1ccccc1. The van der Waals surface area contributed by atoms with Crippen LogP contribution in [0.25, 0.3) is 0 Å². The molecule has 2 aromatic rings. The minimum Gasteiger partial charge on any atom is -0.326 e. The Kier molecular flexibility index (Phi) is 5.69. The number of para-hydroxylation sites is 1. The van der Waals surface area contributed by atoms with Crippen molar-refractivity contribution >= 4 is 23.4 Å². The van der Waals surface area contributed by atoms with Crippen LogP contribution in [0, 0.1) is 0 Å². The molecule has 0 fully saturated rings. The minimum atomic E-state index is 0.0731. The first-order valence-electron chi connectivity index (χ1n) is 6.77. The Morgan fingerprint density at radius 2 is 1.65 bits per heavy atom. The van der Waals surface area contributed by atoms with E-state index in [1.807, 2.05) is 48.2 Å². The summed E-state index contributed by atoms with van der Waals surface area (Å²) in [6, 6.07) is 20.0. The fraction of sp³-hybridized carbons (Fsp3) is 0.235. The van der Waals surface area contributed by atoms with E-state index in [2.05, 4.69) is 36.5 Å². The number of carbonyl (C=O) groups is 1. The lowest BCUT2D eigenvalue weighted by molar-refractivity contribution is -0.115. The number of carbonyl (C=O) groups excluding carboxylic acids is 1. The van der Waals surface area contributed by atoms with Crippen molar-refractivity contribution in [2.24, 2.45) is 0 Å². The molecule has 0 bridgehead atoms. The second-order valence-corrected chi connectivity index (χ2v) is 6.04. The molecule has 0 heterocycles. The highest BCUT2D eigenvalue weighted by Crippen LogP contribution is 2.28. The molecule has 0 saturated heterocycles. The molecule has 0 spiro atoms. The first-order chi connectivity index (χ1) is 9.75. The van der Waals surface area contributed by atoms with E-state index in [1.165, 1.54) is 5.56 Å². The third kappa shape index (κ3) is 4.74.